The fraction of sp³-hybridized carbons (Fsp3) is 0.125. The molecule has 0 aromatic heterocycles. The maximum Gasteiger partial charge on any atom is 0.262 e. The maximum absolute atomic E-state index is 13.1. The molecule has 3 rings (SSSR count). The maximum atomic E-state index is 13.1. The molecule has 3 aromatic rings. The number of amides is 1. The molecule has 10 heteroatoms. The Morgan fingerprint density at radius 3 is 2.15 bits per heavy atom. The molecular weight excluding hydrogens is 463 g/mol. The Morgan fingerprint density at radius 2 is 1.50 bits per heavy atom. The summed E-state index contributed by atoms with van der Waals surface area (Å²) in [6.07, 6.45) is 2.92. The molecule has 0 radical (unpaired) electrons. The summed E-state index contributed by atoms with van der Waals surface area (Å²) in [4.78, 5) is 12.3. The standard InChI is InChI=1S/C24H23FN2O6S/c1-31-21-12-8-18(15-20(21)27-34(29,30)19-9-6-17(25)7-10-19)26-24(28)13-5-16-4-11-22(32-2)23(14-16)33-3/h4-15,27H,1-3H3,(H,26,28)/b13-5+. The first-order chi connectivity index (χ1) is 16.2. The van der Waals surface area contributed by atoms with Crippen molar-refractivity contribution in [3.05, 3.63) is 78.1 Å². The minimum Gasteiger partial charge on any atom is -0.495 e. The molecule has 3 aromatic carbocycles. The van der Waals surface area contributed by atoms with Crippen molar-refractivity contribution in [3.8, 4) is 17.2 Å². The summed E-state index contributed by atoms with van der Waals surface area (Å²) in [5.74, 6) is 0.343. The van der Waals surface area contributed by atoms with Gasteiger partial charge in [0.15, 0.2) is 11.5 Å². The van der Waals surface area contributed by atoms with Crippen molar-refractivity contribution in [1.82, 2.24) is 0 Å². The first-order valence-corrected chi connectivity index (χ1v) is 11.4. The average Bonchev–Trinajstić information content (AvgIpc) is 2.82. The molecule has 0 atom stereocenters. The minimum absolute atomic E-state index is 0.105. The topological polar surface area (TPSA) is 103 Å². The number of sulfonamides is 1. The number of benzene rings is 3. The van der Waals surface area contributed by atoms with Crippen LogP contribution in [0.15, 0.2) is 71.6 Å². The van der Waals surface area contributed by atoms with Gasteiger partial charge in [-0.05, 0) is 66.2 Å². The number of ether oxygens (including phenoxy) is 3. The lowest BCUT2D eigenvalue weighted by Crippen LogP contribution is -2.14. The van der Waals surface area contributed by atoms with Crippen molar-refractivity contribution in [1.29, 1.82) is 0 Å². The molecular formula is C24H23FN2O6S. The molecule has 0 saturated heterocycles. The largest absolute Gasteiger partial charge is 0.495 e. The van der Waals surface area contributed by atoms with Gasteiger partial charge in [-0.25, -0.2) is 12.8 Å². The number of rotatable bonds is 9. The van der Waals surface area contributed by atoms with Gasteiger partial charge in [-0.1, -0.05) is 6.07 Å². The van der Waals surface area contributed by atoms with Crippen molar-refractivity contribution in [2.24, 2.45) is 0 Å². The van der Waals surface area contributed by atoms with E-state index in [1.54, 1.807) is 30.3 Å². The molecule has 0 bridgehead atoms. The second-order valence-electron chi connectivity index (χ2n) is 6.91. The quantitative estimate of drug-likeness (QED) is 0.437. The van der Waals surface area contributed by atoms with E-state index in [4.69, 9.17) is 14.2 Å². The van der Waals surface area contributed by atoms with Crippen LogP contribution in [0.1, 0.15) is 5.56 Å². The molecule has 2 N–H and O–H groups in total. The highest BCUT2D eigenvalue weighted by molar-refractivity contribution is 7.92. The van der Waals surface area contributed by atoms with E-state index in [9.17, 15) is 17.6 Å². The Bertz CT molecular complexity index is 1310. The predicted molar refractivity (Wildman–Crippen MR) is 127 cm³/mol. The Labute approximate surface area is 197 Å². The summed E-state index contributed by atoms with van der Waals surface area (Å²) in [5.41, 5.74) is 1.16. The SMILES string of the molecule is COc1ccc(NC(=O)/C=C/c2ccc(OC)c(OC)c2)cc1NS(=O)(=O)c1ccc(F)cc1. The van der Waals surface area contributed by atoms with Crippen LogP contribution in [0.4, 0.5) is 15.8 Å². The molecule has 0 saturated carbocycles. The number of hydrogen-bond donors (Lipinski definition) is 2. The number of hydrogen-bond acceptors (Lipinski definition) is 6. The summed E-state index contributed by atoms with van der Waals surface area (Å²) >= 11 is 0. The molecule has 0 aliphatic heterocycles. The van der Waals surface area contributed by atoms with Crippen LogP contribution in [-0.4, -0.2) is 35.7 Å². The second-order valence-corrected chi connectivity index (χ2v) is 8.59. The number of nitrogens with one attached hydrogen (secondary N) is 2. The molecule has 1 amide bonds. The fourth-order valence-corrected chi connectivity index (χ4v) is 4.06. The monoisotopic (exact) mass is 486 g/mol. The second kappa shape index (κ2) is 10.7. The molecule has 0 fully saturated rings. The van der Waals surface area contributed by atoms with Gasteiger partial charge in [0, 0.05) is 11.8 Å². The number of methoxy groups -OCH3 is 3. The Balaban J connectivity index is 1.77. The summed E-state index contributed by atoms with van der Waals surface area (Å²) in [5, 5.41) is 2.67. The zero-order chi connectivity index (χ0) is 24.7. The van der Waals surface area contributed by atoms with Crippen LogP contribution in [0.5, 0.6) is 17.2 Å². The first-order valence-electron chi connectivity index (χ1n) is 9.93. The van der Waals surface area contributed by atoms with Gasteiger partial charge in [0.05, 0.1) is 31.9 Å². The van der Waals surface area contributed by atoms with E-state index in [0.29, 0.717) is 17.2 Å². The van der Waals surface area contributed by atoms with Crippen LogP contribution in [0, 0.1) is 5.82 Å². The van der Waals surface area contributed by atoms with E-state index < -0.39 is 21.7 Å². The lowest BCUT2D eigenvalue weighted by atomic mass is 10.2. The highest BCUT2D eigenvalue weighted by atomic mass is 32.2. The van der Waals surface area contributed by atoms with Crippen LogP contribution in [-0.2, 0) is 14.8 Å². The predicted octanol–water partition coefficient (Wildman–Crippen LogP) is 4.30. The fourth-order valence-electron chi connectivity index (χ4n) is 3.00. The highest BCUT2D eigenvalue weighted by Gasteiger charge is 2.17. The molecule has 0 unspecified atom stereocenters. The number of carbonyl (C=O) groups is 1. The van der Waals surface area contributed by atoms with Gasteiger partial charge >= 0.3 is 0 Å². The molecule has 0 aliphatic rings. The lowest BCUT2D eigenvalue weighted by molar-refractivity contribution is -0.111. The third-order valence-electron chi connectivity index (χ3n) is 4.67. The average molecular weight is 487 g/mol. The molecule has 8 nitrogen and oxygen atoms in total. The first kappa shape index (κ1) is 24.6. The molecule has 34 heavy (non-hydrogen) atoms. The Morgan fingerprint density at radius 1 is 0.853 bits per heavy atom. The molecule has 178 valence electrons. The smallest absolute Gasteiger partial charge is 0.262 e. The molecule has 0 heterocycles. The van der Waals surface area contributed by atoms with Crippen molar-refractivity contribution in [2.75, 3.05) is 31.4 Å². The van der Waals surface area contributed by atoms with Crippen LogP contribution in [0.3, 0.4) is 0 Å². The van der Waals surface area contributed by atoms with Crippen molar-refractivity contribution in [3.63, 3.8) is 0 Å². The summed E-state index contributed by atoms with van der Waals surface area (Å²) in [7, 11) is 0.421. The third-order valence-corrected chi connectivity index (χ3v) is 6.05. The normalized spacial score (nSPS) is 11.2. The molecule has 0 aliphatic carbocycles. The van der Waals surface area contributed by atoms with E-state index in [1.807, 2.05) is 0 Å². The van der Waals surface area contributed by atoms with E-state index in [1.165, 1.54) is 39.5 Å². The summed E-state index contributed by atoms with van der Waals surface area (Å²) < 4.78 is 56.5. The number of anilines is 2. The van der Waals surface area contributed by atoms with Crippen LogP contribution in [0.2, 0.25) is 0 Å². The van der Waals surface area contributed by atoms with Crippen molar-refractivity contribution >= 4 is 33.4 Å². The van der Waals surface area contributed by atoms with Crippen molar-refractivity contribution in [2.45, 2.75) is 4.90 Å². The minimum atomic E-state index is -4.01. The van der Waals surface area contributed by atoms with Gasteiger partial charge in [-0.3, -0.25) is 9.52 Å². The summed E-state index contributed by atoms with van der Waals surface area (Å²) in [6.45, 7) is 0. The van der Waals surface area contributed by atoms with Gasteiger partial charge < -0.3 is 19.5 Å². The van der Waals surface area contributed by atoms with Gasteiger partial charge in [-0.2, -0.15) is 0 Å². The highest BCUT2D eigenvalue weighted by Crippen LogP contribution is 2.30. The van der Waals surface area contributed by atoms with Gasteiger partial charge in [-0.15, -0.1) is 0 Å². The zero-order valence-corrected chi connectivity index (χ0v) is 19.5. The van der Waals surface area contributed by atoms with Crippen LogP contribution >= 0.6 is 0 Å². The van der Waals surface area contributed by atoms with Gasteiger partial charge in [0.2, 0.25) is 5.91 Å². The van der Waals surface area contributed by atoms with E-state index in [-0.39, 0.29) is 16.3 Å². The van der Waals surface area contributed by atoms with E-state index >= 15 is 0 Å². The van der Waals surface area contributed by atoms with E-state index in [2.05, 4.69) is 10.0 Å². The zero-order valence-electron chi connectivity index (χ0n) is 18.7. The van der Waals surface area contributed by atoms with Crippen molar-refractivity contribution < 1.29 is 31.8 Å². The molecule has 0 spiro atoms. The Hall–Kier alpha value is -4.05. The lowest BCUT2D eigenvalue weighted by Gasteiger charge is -2.13. The van der Waals surface area contributed by atoms with E-state index in [0.717, 1.165) is 29.8 Å². The third kappa shape index (κ3) is 6.04. The summed E-state index contributed by atoms with van der Waals surface area (Å²) in [6, 6.07) is 14.1. The van der Waals surface area contributed by atoms with Crippen LogP contribution in [0.25, 0.3) is 6.08 Å². The Kier molecular flexibility index (Phi) is 7.75. The van der Waals surface area contributed by atoms with Crippen LogP contribution < -0.4 is 24.2 Å². The number of halogens is 1. The number of carbonyl (C=O) groups excluding carboxylic acids is 1. The van der Waals surface area contributed by atoms with Gasteiger partial charge in [0.1, 0.15) is 11.6 Å². The van der Waals surface area contributed by atoms with Gasteiger partial charge in [0.25, 0.3) is 10.0 Å².